The molecule has 0 spiro atoms. The fraction of sp³-hybridized carbons (Fsp3) is 0.190. The lowest BCUT2D eigenvalue weighted by Gasteiger charge is -2.09. The summed E-state index contributed by atoms with van der Waals surface area (Å²) < 4.78 is 7.90. The highest BCUT2D eigenvalue weighted by Crippen LogP contribution is 2.11. The van der Waals surface area contributed by atoms with Gasteiger partial charge in [-0.3, -0.25) is 23.4 Å². The number of carbonyl (C=O) groups excluding carboxylic acids is 1. The van der Waals surface area contributed by atoms with Crippen LogP contribution in [0.5, 0.6) is 0 Å². The molecule has 0 aliphatic heterocycles. The third kappa shape index (κ3) is 3.52. The van der Waals surface area contributed by atoms with Gasteiger partial charge in [0.05, 0.1) is 22.9 Å². The number of hydrogen-bond acceptors (Lipinski definition) is 6. The van der Waals surface area contributed by atoms with E-state index in [0.717, 1.165) is 11.3 Å². The number of rotatable bonds is 4. The van der Waals surface area contributed by atoms with Crippen LogP contribution in [-0.2, 0) is 22.7 Å². The molecule has 0 aliphatic carbocycles. The second-order valence-corrected chi connectivity index (χ2v) is 6.76. The van der Waals surface area contributed by atoms with Crippen molar-refractivity contribution in [2.75, 3.05) is 0 Å². The summed E-state index contributed by atoms with van der Waals surface area (Å²) in [6.07, 6.45) is 1.34. The summed E-state index contributed by atoms with van der Waals surface area (Å²) in [6.45, 7) is 3.25. The lowest BCUT2D eigenvalue weighted by atomic mass is 10.1. The van der Waals surface area contributed by atoms with E-state index in [1.807, 2.05) is 26.0 Å². The summed E-state index contributed by atoms with van der Waals surface area (Å²) in [5, 5.41) is 0.444. The second-order valence-electron chi connectivity index (χ2n) is 6.76. The molecule has 1 aromatic carbocycles. The highest BCUT2D eigenvalue weighted by molar-refractivity contribution is 5.80. The minimum absolute atomic E-state index is 0.159. The molecule has 0 saturated carbocycles. The van der Waals surface area contributed by atoms with E-state index in [9.17, 15) is 14.4 Å². The Balaban J connectivity index is 1.52. The van der Waals surface area contributed by atoms with E-state index in [0.29, 0.717) is 22.2 Å². The Kier molecular flexibility index (Phi) is 4.67. The van der Waals surface area contributed by atoms with Crippen molar-refractivity contribution in [2.24, 2.45) is 0 Å². The zero-order chi connectivity index (χ0) is 20.5. The molecule has 8 nitrogen and oxygen atoms in total. The van der Waals surface area contributed by atoms with Crippen molar-refractivity contribution in [1.29, 1.82) is 0 Å². The van der Waals surface area contributed by atoms with Crippen LogP contribution in [0.15, 0.2) is 58.4 Å². The van der Waals surface area contributed by atoms with Gasteiger partial charge in [-0.1, -0.05) is 18.2 Å². The molecule has 3 heterocycles. The van der Waals surface area contributed by atoms with Crippen LogP contribution in [0.4, 0.5) is 0 Å². The maximum atomic E-state index is 12.6. The van der Waals surface area contributed by atoms with Crippen LogP contribution in [-0.4, -0.2) is 24.9 Å². The van der Waals surface area contributed by atoms with Gasteiger partial charge in [-0.25, -0.2) is 9.97 Å². The van der Waals surface area contributed by atoms with Crippen molar-refractivity contribution in [1.82, 2.24) is 18.9 Å². The highest BCUT2D eigenvalue weighted by atomic mass is 16.5. The minimum Gasteiger partial charge on any atom is -0.458 e. The Labute approximate surface area is 165 Å². The number of aryl methyl sites for hydroxylation is 2. The van der Waals surface area contributed by atoms with E-state index in [1.165, 1.54) is 21.4 Å². The van der Waals surface area contributed by atoms with Crippen LogP contribution in [0, 0.1) is 13.8 Å². The van der Waals surface area contributed by atoms with Crippen molar-refractivity contribution in [2.45, 2.75) is 27.0 Å². The smallest absolute Gasteiger partial charge is 0.326 e. The molecule has 0 unspecified atom stereocenters. The number of fused-ring (bicyclic) bond motifs is 2. The standard InChI is InChI=1S/C21H18N4O4/c1-13-5-3-7-16-20(13)22-12-24(21(16)28)10-19(27)29-11-15-9-18(26)25-14(2)6-4-8-17(25)23-15/h3-9,12H,10-11H2,1-2H3. The van der Waals surface area contributed by atoms with Crippen LogP contribution in [0.1, 0.15) is 17.0 Å². The molecular formula is C21H18N4O4. The number of hydrogen-bond donors (Lipinski definition) is 0. The van der Waals surface area contributed by atoms with Gasteiger partial charge in [0, 0.05) is 11.8 Å². The molecule has 0 N–H and O–H groups in total. The maximum Gasteiger partial charge on any atom is 0.326 e. The van der Waals surface area contributed by atoms with Crippen LogP contribution in [0.25, 0.3) is 16.6 Å². The van der Waals surface area contributed by atoms with Gasteiger partial charge < -0.3 is 4.74 Å². The first-order chi connectivity index (χ1) is 13.9. The Morgan fingerprint density at radius 2 is 1.90 bits per heavy atom. The Hall–Kier alpha value is -3.81. The number of esters is 1. The number of nitrogens with zero attached hydrogens (tertiary/aromatic N) is 4. The summed E-state index contributed by atoms with van der Waals surface area (Å²) >= 11 is 0. The largest absolute Gasteiger partial charge is 0.458 e. The molecule has 29 heavy (non-hydrogen) atoms. The van der Waals surface area contributed by atoms with Gasteiger partial charge >= 0.3 is 5.97 Å². The number of para-hydroxylation sites is 1. The Morgan fingerprint density at radius 1 is 1.10 bits per heavy atom. The number of carbonyl (C=O) groups is 1. The molecule has 146 valence electrons. The Bertz CT molecular complexity index is 1370. The first kappa shape index (κ1) is 18.5. The zero-order valence-electron chi connectivity index (χ0n) is 16.0. The SMILES string of the molecule is Cc1cccc2c(=O)n(CC(=O)OCc3cc(=O)n4c(C)cccc4n3)cnc12. The van der Waals surface area contributed by atoms with Crippen LogP contribution >= 0.6 is 0 Å². The average Bonchev–Trinajstić information content (AvgIpc) is 2.69. The highest BCUT2D eigenvalue weighted by Gasteiger charge is 2.11. The van der Waals surface area contributed by atoms with Gasteiger partial charge in [0.25, 0.3) is 11.1 Å². The van der Waals surface area contributed by atoms with E-state index in [2.05, 4.69) is 9.97 Å². The first-order valence-corrected chi connectivity index (χ1v) is 9.03. The van der Waals surface area contributed by atoms with Gasteiger partial charge in [0.15, 0.2) is 0 Å². The molecule has 0 amide bonds. The second kappa shape index (κ2) is 7.31. The van der Waals surface area contributed by atoms with E-state index < -0.39 is 5.97 Å². The van der Waals surface area contributed by atoms with Crippen molar-refractivity contribution in [3.63, 3.8) is 0 Å². The summed E-state index contributed by atoms with van der Waals surface area (Å²) in [4.78, 5) is 45.7. The summed E-state index contributed by atoms with van der Waals surface area (Å²) in [5.41, 5.74) is 2.53. The monoisotopic (exact) mass is 390 g/mol. The third-order valence-corrected chi connectivity index (χ3v) is 4.67. The molecule has 0 fully saturated rings. The zero-order valence-corrected chi connectivity index (χ0v) is 16.0. The van der Waals surface area contributed by atoms with Crippen molar-refractivity contribution >= 4 is 22.5 Å². The molecule has 4 rings (SSSR count). The predicted octanol–water partition coefficient (Wildman–Crippen LogP) is 1.76. The molecular weight excluding hydrogens is 372 g/mol. The molecule has 0 saturated heterocycles. The fourth-order valence-corrected chi connectivity index (χ4v) is 3.23. The molecule has 8 heteroatoms. The summed E-state index contributed by atoms with van der Waals surface area (Å²) in [6, 6.07) is 12.0. The van der Waals surface area contributed by atoms with Crippen LogP contribution in [0.2, 0.25) is 0 Å². The summed E-state index contributed by atoms with van der Waals surface area (Å²) in [7, 11) is 0. The normalized spacial score (nSPS) is 11.1. The topological polar surface area (TPSA) is 95.6 Å². The molecule has 0 radical (unpaired) electrons. The average molecular weight is 390 g/mol. The lowest BCUT2D eigenvalue weighted by molar-refractivity contribution is -0.145. The molecule has 0 aliphatic rings. The fourth-order valence-electron chi connectivity index (χ4n) is 3.23. The number of ether oxygens (including phenoxy) is 1. The first-order valence-electron chi connectivity index (χ1n) is 9.03. The quantitative estimate of drug-likeness (QED) is 0.493. The van der Waals surface area contributed by atoms with E-state index in [-0.39, 0.29) is 24.3 Å². The van der Waals surface area contributed by atoms with E-state index in [4.69, 9.17) is 4.74 Å². The summed E-state index contributed by atoms with van der Waals surface area (Å²) in [5.74, 6) is -0.618. The number of benzene rings is 1. The predicted molar refractivity (Wildman–Crippen MR) is 107 cm³/mol. The van der Waals surface area contributed by atoms with Crippen molar-refractivity contribution < 1.29 is 9.53 Å². The molecule has 0 atom stereocenters. The van der Waals surface area contributed by atoms with Crippen molar-refractivity contribution in [3.8, 4) is 0 Å². The van der Waals surface area contributed by atoms with Crippen LogP contribution < -0.4 is 11.1 Å². The molecule has 4 aromatic rings. The number of pyridine rings is 1. The van der Waals surface area contributed by atoms with E-state index >= 15 is 0 Å². The van der Waals surface area contributed by atoms with Gasteiger partial charge in [0.1, 0.15) is 18.8 Å². The van der Waals surface area contributed by atoms with Gasteiger partial charge in [-0.15, -0.1) is 0 Å². The number of aromatic nitrogens is 4. The van der Waals surface area contributed by atoms with Gasteiger partial charge in [-0.05, 0) is 37.6 Å². The maximum absolute atomic E-state index is 12.6. The van der Waals surface area contributed by atoms with E-state index in [1.54, 1.807) is 24.3 Å². The van der Waals surface area contributed by atoms with Gasteiger partial charge in [-0.2, -0.15) is 0 Å². The third-order valence-electron chi connectivity index (χ3n) is 4.67. The van der Waals surface area contributed by atoms with Crippen LogP contribution in [0.3, 0.4) is 0 Å². The Morgan fingerprint density at radius 3 is 2.72 bits per heavy atom. The van der Waals surface area contributed by atoms with Gasteiger partial charge in [0.2, 0.25) is 0 Å². The molecule has 3 aromatic heterocycles. The van der Waals surface area contributed by atoms with Crippen molar-refractivity contribution in [3.05, 3.63) is 86.5 Å². The molecule has 0 bridgehead atoms. The minimum atomic E-state index is -0.618. The lowest BCUT2D eigenvalue weighted by Crippen LogP contribution is -2.26.